The first-order valence-electron chi connectivity index (χ1n) is 10.3. The average molecular weight is 425 g/mol. The molecule has 0 aromatic heterocycles. The number of fused-ring (bicyclic) bond motifs is 1. The number of ether oxygens (including phenoxy) is 1. The van der Waals surface area contributed by atoms with Gasteiger partial charge in [0.2, 0.25) is 17.7 Å². The van der Waals surface area contributed by atoms with Crippen molar-refractivity contribution in [2.24, 2.45) is 0 Å². The molecule has 3 aliphatic heterocycles. The Morgan fingerprint density at radius 3 is 2.58 bits per heavy atom. The molecule has 0 radical (unpaired) electrons. The number of carbonyl (C=O) groups excluding carboxylic acids is 5. The lowest BCUT2D eigenvalue weighted by atomic mass is 9.92. The van der Waals surface area contributed by atoms with E-state index in [2.05, 4.69) is 5.32 Å². The lowest BCUT2D eigenvalue weighted by Gasteiger charge is -2.28. The van der Waals surface area contributed by atoms with Gasteiger partial charge >= 0.3 is 0 Å². The van der Waals surface area contributed by atoms with Crippen molar-refractivity contribution >= 4 is 35.1 Å². The molecule has 0 saturated carbocycles. The van der Waals surface area contributed by atoms with Gasteiger partial charge in [0, 0.05) is 26.1 Å². The molecule has 1 saturated heterocycles. The van der Waals surface area contributed by atoms with Crippen molar-refractivity contribution in [3.63, 3.8) is 0 Å². The molecular formula is C22H23N3O6. The van der Waals surface area contributed by atoms with Crippen molar-refractivity contribution in [2.75, 3.05) is 26.3 Å². The normalized spacial score (nSPS) is 21.2. The van der Waals surface area contributed by atoms with Gasteiger partial charge in [-0.05, 0) is 37.0 Å². The highest BCUT2D eigenvalue weighted by molar-refractivity contribution is 6.25. The van der Waals surface area contributed by atoms with E-state index in [-0.39, 0.29) is 36.5 Å². The van der Waals surface area contributed by atoms with E-state index in [9.17, 15) is 24.0 Å². The van der Waals surface area contributed by atoms with Gasteiger partial charge in [0.1, 0.15) is 12.6 Å². The number of nitrogens with zero attached hydrogens (tertiary/aromatic N) is 2. The van der Waals surface area contributed by atoms with E-state index >= 15 is 0 Å². The first-order chi connectivity index (χ1) is 14.9. The van der Waals surface area contributed by atoms with E-state index in [4.69, 9.17) is 4.74 Å². The molecule has 0 aliphatic carbocycles. The minimum absolute atomic E-state index is 0.0360. The molecule has 9 heteroatoms. The zero-order valence-electron chi connectivity index (χ0n) is 17.2. The van der Waals surface area contributed by atoms with Crippen LogP contribution in [0.1, 0.15) is 52.5 Å². The third-order valence-electron chi connectivity index (χ3n) is 5.81. The zero-order chi connectivity index (χ0) is 22.1. The fourth-order valence-electron chi connectivity index (χ4n) is 4.20. The van der Waals surface area contributed by atoms with Gasteiger partial charge in [0.05, 0.1) is 11.1 Å². The standard InChI is InChI=1S/C22H23N3O6/c1-2-31-12-18(27)24-10-8-13(9-11-24)14-4-3-5-15-19(14)22(30)25(21(15)29)16-6-7-17(26)23-20(16)28/h3-5,8,16H,2,6-7,9-12H2,1H3,(H,23,26,28). The van der Waals surface area contributed by atoms with Crippen LogP contribution in [0.4, 0.5) is 0 Å². The van der Waals surface area contributed by atoms with Gasteiger partial charge in [-0.1, -0.05) is 18.2 Å². The molecule has 1 N–H and O–H groups in total. The number of nitrogens with one attached hydrogen (secondary N) is 1. The van der Waals surface area contributed by atoms with Crippen LogP contribution in [0.25, 0.3) is 5.57 Å². The van der Waals surface area contributed by atoms with Crippen LogP contribution in [0.2, 0.25) is 0 Å². The third kappa shape index (κ3) is 3.76. The smallest absolute Gasteiger partial charge is 0.262 e. The Labute approximate surface area is 179 Å². The Balaban J connectivity index is 1.58. The quantitative estimate of drug-likeness (QED) is 0.697. The first kappa shape index (κ1) is 20.9. The highest BCUT2D eigenvalue weighted by Crippen LogP contribution is 2.34. The number of hydrogen-bond donors (Lipinski definition) is 1. The van der Waals surface area contributed by atoms with E-state index < -0.39 is 29.7 Å². The number of imide groups is 2. The van der Waals surface area contributed by atoms with Gasteiger partial charge < -0.3 is 9.64 Å². The monoisotopic (exact) mass is 425 g/mol. The molecule has 3 heterocycles. The molecular weight excluding hydrogens is 402 g/mol. The van der Waals surface area contributed by atoms with Crippen LogP contribution in [-0.2, 0) is 19.1 Å². The molecule has 3 aliphatic rings. The molecule has 9 nitrogen and oxygen atoms in total. The second kappa shape index (κ2) is 8.43. The predicted molar refractivity (Wildman–Crippen MR) is 109 cm³/mol. The number of piperidine rings is 1. The molecule has 5 amide bonds. The van der Waals surface area contributed by atoms with Gasteiger partial charge in [-0.25, -0.2) is 0 Å². The van der Waals surface area contributed by atoms with E-state index in [1.807, 2.05) is 13.0 Å². The van der Waals surface area contributed by atoms with Crippen LogP contribution in [0.15, 0.2) is 24.3 Å². The van der Waals surface area contributed by atoms with Gasteiger partial charge in [-0.2, -0.15) is 0 Å². The van der Waals surface area contributed by atoms with E-state index in [1.165, 1.54) is 0 Å². The van der Waals surface area contributed by atoms with E-state index in [1.54, 1.807) is 23.1 Å². The zero-order valence-corrected chi connectivity index (χ0v) is 17.2. The molecule has 1 aromatic rings. The molecule has 0 bridgehead atoms. The minimum Gasteiger partial charge on any atom is -0.372 e. The molecule has 1 aromatic carbocycles. The maximum atomic E-state index is 13.2. The molecule has 1 unspecified atom stereocenters. The Morgan fingerprint density at radius 1 is 1.13 bits per heavy atom. The highest BCUT2D eigenvalue weighted by atomic mass is 16.5. The van der Waals surface area contributed by atoms with Crippen LogP contribution in [0.3, 0.4) is 0 Å². The summed E-state index contributed by atoms with van der Waals surface area (Å²) in [4.78, 5) is 64.7. The number of amides is 5. The SMILES string of the molecule is CCOCC(=O)N1CC=C(c2cccc3c2C(=O)N(C2CCC(=O)NC2=O)C3=O)CC1. The van der Waals surface area contributed by atoms with Crippen molar-refractivity contribution in [3.8, 4) is 0 Å². The Kier molecular flexibility index (Phi) is 5.69. The summed E-state index contributed by atoms with van der Waals surface area (Å²) in [6.45, 7) is 3.21. The summed E-state index contributed by atoms with van der Waals surface area (Å²) in [6, 6.07) is 4.07. The van der Waals surface area contributed by atoms with Crippen LogP contribution in [0.5, 0.6) is 0 Å². The summed E-state index contributed by atoms with van der Waals surface area (Å²) in [5, 5.41) is 2.20. The van der Waals surface area contributed by atoms with Gasteiger partial charge in [0.25, 0.3) is 11.8 Å². The molecule has 0 spiro atoms. The largest absolute Gasteiger partial charge is 0.372 e. The second-order valence-electron chi connectivity index (χ2n) is 7.63. The fourth-order valence-corrected chi connectivity index (χ4v) is 4.20. The summed E-state index contributed by atoms with van der Waals surface area (Å²) < 4.78 is 5.18. The molecule has 1 fully saturated rings. The summed E-state index contributed by atoms with van der Waals surface area (Å²) in [7, 11) is 0. The Bertz CT molecular complexity index is 1010. The third-order valence-corrected chi connectivity index (χ3v) is 5.81. The number of carbonyl (C=O) groups is 5. The van der Waals surface area contributed by atoms with Gasteiger partial charge in [0.15, 0.2) is 0 Å². The Hall–Kier alpha value is -3.33. The lowest BCUT2D eigenvalue weighted by molar-refractivity contribution is -0.137. The molecule has 1 atom stereocenters. The van der Waals surface area contributed by atoms with Crippen molar-refractivity contribution in [1.29, 1.82) is 0 Å². The van der Waals surface area contributed by atoms with Crippen molar-refractivity contribution in [2.45, 2.75) is 32.2 Å². The number of rotatable bonds is 5. The average Bonchev–Trinajstić information content (AvgIpc) is 3.03. The maximum absolute atomic E-state index is 13.2. The maximum Gasteiger partial charge on any atom is 0.262 e. The summed E-state index contributed by atoms with van der Waals surface area (Å²) in [6.07, 6.45) is 2.61. The number of hydrogen-bond acceptors (Lipinski definition) is 6. The van der Waals surface area contributed by atoms with Crippen molar-refractivity contribution < 1.29 is 28.7 Å². The van der Waals surface area contributed by atoms with Crippen LogP contribution < -0.4 is 5.32 Å². The highest BCUT2D eigenvalue weighted by Gasteiger charge is 2.45. The van der Waals surface area contributed by atoms with Crippen molar-refractivity contribution in [1.82, 2.24) is 15.1 Å². The number of benzene rings is 1. The van der Waals surface area contributed by atoms with Crippen LogP contribution >= 0.6 is 0 Å². The van der Waals surface area contributed by atoms with Gasteiger partial charge in [-0.15, -0.1) is 0 Å². The fraction of sp³-hybridized carbons (Fsp3) is 0.409. The summed E-state index contributed by atoms with van der Waals surface area (Å²) in [5.41, 5.74) is 2.05. The minimum atomic E-state index is -0.995. The lowest BCUT2D eigenvalue weighted by Crippen LogP contribution is -2.54. The van der Waals surface area contributed by atoms with E-state index in [0.29, 0.717) is 31.7 Å². The molecule has 31 heavy (non-hydrogen) atoms. The van der Waals surface area contributed by atoms with Crippen LogP contribution in [-0.4, -0.2) is 71.7 Å². The van der Waals surface area contributed by atoms with E-state index in [0.717, 1.165) is 10.5 Å². The molecule has 162 valence electrons. The predicted octanol–water partition coefficient (Wildman–Crippen LogP) is 0.740. The summed E-state index contributed by atoms with van der Waals surface area (Å²) in [5.74, 6) is -2.19. The van der Waals surface area contributed by atoms with Gasteiger partial charge in [-0.3, -0.25) is 34.2 Å². The molecule has 4 rings (SSSR count). The topological polar surface area (TPSA) is 113 Å². The Morgan fingerprint density at radius 2 is 1.90 bits per heavy atom. The van der Waals surface area contributed by atoms with Crippen LogP contribution in [0, 0.1) is 0 Å². The first-order valence-corrected chi connectivity index (χ1v) is 10.3. The second-order valence-corrected chi connectivity index (χ2v) is 7.63. The van der Waals surface area contributed by atoms with Crippen molar-refractivity contribution in [3.05, 3.63) is 41.0 Å². The summed E-state index contributed by atoms with van der Waals surface area (Å²) >= 11 is 0.